The van der Waals surface area contributed by atoms with Crippen molar-refractivity contribution < 1.29 is 0 Å². The quantitative estimate of drug-likeness (QED) is 0.274. The lowest BCUT2D eigenvalue weighted by Crippen LogP contribution is -2.15. The Labute approximate surface area is 214 Å². The molecule has 0 amide bonds. The van der Waals surface area contributed by atoms with Gasteiger partial charge < -0.3 is 0 Å². The van der Waals surface area contributed by atoms with E-state index in [1.807, 2.05) is 13.8 Å². The van der Waals surface area contributed by atoms with Gasteiger partial charge >= 0.3 is 0 Å². The van der Waals surface area contributed by atoms with Crippen LogP contribution in [0.3, 0.4) is 0 Å². The van der Waals surface area contributed by atoms with Gasteiger partial charge in [-0.1, -0.05) is 93.6 Å². The van der Waals surface area contributed by atoms with Crippen LogP contribution in [0.15, 0.2) is 78.9 Å². The standard InChI is InChI=1S/C33H33N3/c1-7-11-23(12-8-2)24-15-17-25(18-16-24)31-34-22(4)35-32(36-31)27-20-30-28(19-21(27)3)26-13-9-10-14-29(26)33(30,5)6/h7,9-20H,8H2,1-6H3/b11-7-,23-12+. The van der Waals surface area contributed by atoms with E-state index in [0.29, 0.717) is 5.82 Å². The summed E-state index contributed by atoms with van der Waals surface area (Å²) in [5, 5.41) is 0. The average Bonchev–Trinajstić information content (AvgIpc) is 3.09. The fraction of sp³-hybridized carbons (Fsp3) is 0.242. The molecule has 0 atom stereocenters. The van der Waals surface area contributed by atoms with Crippen LogP contribution >= 0.6 is 0 Å². The van der Waals surface area contributed by atoms with Gasteiger partial charge in [-0.25, -0.2) is 15.0 Å². The van der Waals surface area contributed by atoms with Crippen LogP contribution in [0, 0.1) is 13.8 Å². The molecule has 5 rings (SSSR count). The van der Waals surface area contributed by atoms with Gasteiger partial charge in [0.2, 0.25) is 0 Å². The predicted octanol–water partition coefficient (Wildman–Crippen LogP) is 8.50. The molecule has 0 fully saturated rings. The molecule has 36 heavy (non-hydrogen) atoms. The van der Waals surface area contributed by atoms with Crippen LogP contribution in [0.25, 0.3) is 39.5 Å². The normalized spacial score (nSPS) is 14.2. The summed E-state index contributed by atoms with van der Waals surface area (Å²) in [5.41, 5.74) is 10.9. The number of aromatic nitrogens is 3. The molecule has 0 unspecified atom stereocenters. The van der Waals surface area contributed by atoms with E-state index in [2.05, 4.69) is 112 Å². The molecule has 0 aliphatic heterocycles. The molecule has 1 heterocycles. The van der Waals surface area contributed by atoms with Gasteiger partial charge in [0.05, 0.1) is 0 Å². The Hall–Kier alpha value is -3.85. The summed E-state index contributed by atoms with van der Waals surface area (Å²) in [5.74, 6) is 2.16. The Morgan fingerprint density at radius 3 is 2.25 bits per heavy atom. The highest BCUT2D eigenvalue weighted by Gasteiger charge is 2.36. The molecule has 3 aromatic carbocycles. The van der Waals surface area contributed by atoms with Crippen molar-refractivity contribution in [1.29, 1.82) is 0 Å². The van der Waals surface area contributed by atoms with Crippen molar-refractivity contribution in [2.75, 3.05) is 0 Å². The maximum Gasteiger partial charge on any atom is 0.163 e. The lowest BCUT2D eigenvalue weighted by Gasteiger charge is -2.22. The van der Waals surface area contributed by atoms with E-state index in [1.54, 1.807) is 0 Å². The zero-order valence-corrected chi connectivity index (χ0v) is 22.1. The summed E-state index contributed by atoms with van der Waals surface area (Å²) >= 11 is 0. The summed E-state index contributed by atoms with van der Waals surface area (Å²) in [7, 11) is 0. The lowest BCUT2D eigenvalue weighted by molar-refractivity contribution is 0.660. The van der Waals surface area contributed by atoms with E-state index in [-0.39, 0.29) is 5.41 Å². The minimum absolute atomic E-state index is 0.0637. The smallest absolute Gasteiger partial charge is 0.163 e. The molecule has 1 aromatic heterocycles. The molecule has 4 aromatic rings. The van der Waals surface area contributed by atoms with Gasteiger partial charge in [0.25, 0.3) is 0 Å². The zero-order valence-electron chi connectivity index (χ0n) is 22.1. The molecule has 1 aliphatic carbocycles. The number of hydrogen-bond donors (Lipinski definition) is 0. The van der Waals surface area contributed by atoms with Gasteiger partial charge in [-0.05, 0) is 72.2 Å². The molecule has 0 bridgehead atoms. The second kappa shape index (κ2) is 9.31. The minimum atomic E-state index is -0.0637. The number of allylic oxidation sites excluding steroid dienone is 4. The van der Waals surface area contributed by atoms with E-state index >= 15 is 0 Å². The Morgan fingerprint density at radius 1 is 0.806 bits per heavy atom. The summed E-state index contributed by atoms with van der Waals surface area (Å²) in [6.45, 7) is 12.9. The van der Waals surface area contributed by atoms with E-state index in [1.165, 1.54) is 39.0 Å². The molecular formula is C33H33N3. The molecule has 3 nitrogen and oxygen atoms in total. The zero-order chi connectivity index (χ0) is 25.4. The van der Waals surface area contributed by atoms with Crippen molar-refractivity contribution >= 4 is 5.57 Å². The van der Waals surface area contributed by atoms with Crippen LogP contribution in [-0.4, -0.2) is 15.0 Å². The maximum absolute atomic E-state index is 4.95. The molecule has 0 spiro atoms. The Balaban J connectivity index is 1.57. The number of hydrogen-bond acceptors (Lipinski definition) is 3. The van der Waals surface area contributed by atoms with Crippen LogP contribution < -0.4 is 0 Å². The third kappa shape index (κ3) is 4.09. The Kier molecular flexibility index (Phi) is 6.17. The molecule has 3 heteroatoms. The van der Waals surface area contributed by atoms with E-state index in [4.69, 9.17) is 9.97 Å². The minimum Gasteiger partial charge on any atom is -0.213 e. The van der Waals surface area contributed by atoms with E-state index < -0.39 is 0 Å². The SMILES string of the molecule is C/C=C\C(=C/CC)c1ccc(-c2nc(C)nc(-c3cc4c(cc3C)-c3ccccc3C4(C)C)n2)cc1. The van der Waals surface area contributed by atoms with Crippen molar-refractivity contribution in [3.63, 3.8) is 0 Å². The second-order valence-electron chi connectivity index (χ2n) is 10.1. The number of aryl methyl sites for hydroxylation is 2. The van der Waals surface area contributed by atoms with Crippen molar-refractivity contribution in [3.8, 4) is 33.9 Å². The van der Waals surface area contributed by atoms with Gasteiger partial charge in [-0.15, -0.1) is 0 Å². The van der Waals surface area contributed by atoms with Crippen LogP contribution in [0.1, 0.15) is 62.2 Å². The molecular weight excluding hydrogens is 438 g/mol. The van der Waals surface area contributed by atoms with Gasteiger partial charge in [0.1, 0.15) is 5.82 Å². The van der Waals surface area contributed by atoms with Gasteiger partial charge in [0, 0.05) is 16.5 Å². The average molecular weight is 472 g/mol. The van der Waals surface area contributed by atoms with Gasteiger partial charge in [-0.2, -0.15) is 0 Å². The van der Waals surface area contributed by atoms with Crippen LogP contribution in [0.2, 0.25) is 0 Å². The van der Waals surface area contributed by atoms with E-state index in [0.717, 1.165) is 29.2 Å². The fourth-order valence-electron chi connectivity index (χ4n) is 5.32. The molecule has 1 aliphatic rings. The lowest BCUT2D eigenvalue weighted by atomic mass is 9.81. The molecule has 180 valence electrons. The molecule has 0 saturated carbocycles. The largest absolute Gasteiger partial charge is 0.213 e. The highest BCUT2D eigenvalue weighted by molar-refractivity contribution is 5.84. The van der Waals surface area contributed by atoms with Crippen molar-refractivity contribution in [3.05, 3.63) is 107 Å². The third-order valence-electron chi connectivity index (χ3n) is 7.16. The number of benzene rings is 3. The number of nitrogens with zero attached hydrogens (tertiary/aromatic N) is 3. The first-order valence-electron chi connectivity index (χ1n) is 12.7. The fourth-order valence-corrected chi connectivity index (χ4v) is 5.32. The summed E-state index contributed by atoms with van der Waals surface area (Å²) in [6, 6.07) is 21.8. The van der Waals surface area contributed by atoms with Crippen molar-refractivity contribution in [1.82, 2.24) is 15.0 Å². The molecule has 0 N–H and O–H groups in total. The van der Waals surface area contributed by atoms with Crippen molar-refractivity contribution in [2.45, 2.75) is 53.4 Å². The molecule has 0 radical (unpaired) electrons. The van der Waals surface area contributed by atoms with Gasteiger partial charge in [-0.3, -0.25) is 0 Å². The summed E-state index contributed by atoms with van der Waals surface area (Å²) in [6.07, 6.45) is 7.48. The highest BCUT2D eigenvalue weighted by atomic mass is 15.0. The van der Waals surface area contributed by atoms with Crippen LogP contribution in [-0.2, 0) is 5.41 Å². The monoisotopic (exact) mass is 471 g/mol. The number of fused-ring (bicyclic) bond motifs is 3. The summed E-state index contributed by atoms with van der Waals surface area (Å²) in [4.78, 5) is 14.4. The topological polar surface area (TPSA) is 38.7 Å². The maximum atomic E-state index is 4.95. The molecule has 0 saturated heterocycles. The Morgan fingerprint density at radius 2 is 1.53 bits per heavy atom. The number of rotatable bonds is 5. The first-order valence-corrected chi connectivity index (χ1v) is 12.7. The first-order chi connectivity index (χ1) is 17.3. The third-order valence-corrected chi connectivity index (χ3v) is 7.16. The van der Waals surface area contributed by atoms with Crippen LogP contribution in [0.5, 0.6) is 0 Å². The van der Waals surface area contributed by atoms with E-state index in [9.17, 15) is 0 Å². The second-order valence-corrected chi connectivity index (χ2v) is 10.1. The Bertz CT molecular complexity index is 1500. The van der Waals surface area contributed by atoms with Crippen LogP contribution in [0.4, 0.5) is 0 Å². The highest BCUT2D eigenvalue weighted by Crippen LogP contribution is 2.50. The summed E-state index contributed by atoms with van der Waals surface area (Å²) < 4.78 is 0. The first kappa shape index (κ1) is 23.9. The predicted molar refractivity (Wildman–Crippen MR) is 151 cm³/mol. The van der Waals surface area contributed by atoms with Gasteiger partial charge in [0.15, 0.2) is 11.6 Å². The van der Waals surface area contributed by atoms with Crippen molar-refractivity contribution in [2.24, 2.45) is 0 Å².